The number of nitrogens with zero attached hydrogens (tertiary/aromatic N) is 1. The molecule has 12 N–H and O–H groups in total. The van der Waals surface area contributed by atoms with Gasteiger partial charge in [-0.25, -0.2) is 0 Å². The number of hydrogen-bond donors (Lipinski definition) is 12. The number of benzene rings is 1. The van der Waals surface area contributed by atoms with E-state index in [1.54, 1.807) is 0 Å². The fourth-order valence-electron chi connectivity index (χ4n) is 0.949. The van der Waals surface area contributed by atoms with Gasteiger partial charge < -0.3 is 4.90 Å². The summed E-state index contributed by atoms with van der Waals surface area (Å²) in [5.74, 6) is 0. The van der Waals surface area contributed by atoms with Crippen LogP contribution in [0.4, 0.5) is 20.8 Å². The molecule has 0 saturated carbocycles. The van der Waals surface area contributed by atoms with Crippen LogP contribution in [0.15, 0.2) is 30.3 Å². The Balaban J connectivity index is -0.0000000866. The second kappa shape index (κ2) is 24.8. The van der Waals surface area contributed by atoms with Gasteiger partial charge in [0.15, 0.2) is 0 Å². The van der Waals surface area contributed by atoms with Gasteiger partial charge in [-0.05, 0) is 19.7 Å². The van der Waals surface area contributed by atoms with E-state index in [1.165, 1.54) is 5.56 Å². The summed E-state index contributed by atoms with van der Waals surface area (Å²) in [5.41, 5.74) is 1.37. The Kier molecular flexibility index (Phi) is 32.9. The molecule has 0 radical (unpaired) electrons. The van der Waals surface area contributed by atoms with Gasteiger partial charge in [0, 0.05) is 6.54 Å². The van der Waals surface area contributed by atoms with Crippen molar-refractivity contribution in [2.24, 2.45) is 0 Å². The van der Waals surface area contributed by atoms with Gasteiger partial charge in [-0.1, -0.05) is 30.3 Å². The Labute approximate surface area is 240 Å². The van der Waals surface area contributed by atoms with Crippen molar-refractivity contribution in [2.75, 3.05) is 14.1 Å². The fourth-order valence-corrected chi connectivity index (χ4v) is 0.949. The normalized spacial score (nSPS) is 11.4. The fraction of sp³-hybridized carbons (Fsp3) is 0.333. The second-order valence-electron chi connectivity index (χ2n) is 5.56. The van der Waals surface area contributed by atoms with Crippen LogP contribution in [-0.2, 0) is 29.0 Å². The van der Waals surface area contributed by atoms with Crippen LogP contribution in [0.3, 0.4) is 0 Å². The molecule has 0 atom stereocenters. The van der Waals surface area contributed by atoms with Crippen molar-refractivity contribution in [1.82, 2.24) is 4.90 Å². The molecule has 0 heterocycles. The molecule has 0 fully saturated rings. The molecule has 0 saturated heterocycles. The first-order valence-electron chi connectivity index (χ1n) is 7.98. The Hall–Kier alpha value is 0.431. The summed E-state index contributed by atoms with van der Waals surface area (Å²) in [4.78, 5) is 2.16. The minimum absolute atomic E-state index is 1.03. The van der Waals surface area contributed by atoms with Crippen LogP contribution in [0.25, 0.3) is 0 Å². The van der Waals surface area contributed by atoms with Crippen LogP contribution < -0.4 is 0 Å². The second-order valence-corrected chi connectivity index (χ2v) is 17.5. The van der Waals surface area contributed by atoms with E-state index in [-0.39, 0.29) is 0 Å². The first-order valence-corrected chi connectivity index (χ1v) is 26.9. The quantitative estimate of drug-likeness (QED) is 0.0972. The molecule has 0 amide bonds. The SMILES string of the molecule is CN(C)Cc1ccccc1.O=[As](O)(O)F.O=[As](O)(O)F.O=[As](O)(O)F.O=[As](O)(O)F.O=[As](O)(O)F.O=[As](O)(O)F. The van der Waals surface area contributed by atoms with Crippen molar-refractivity contribution >= 4 is 87.9 Å². The molecular weight excluding hydrogens is 974 g/mol. The molecule has 0 aromatic heterocycles. The average Bonchev–Trinajstić information content (AvgIpc) is 2.45. The summed E-state index contributed by atoms with van der Waals surface area (Å²) in [6.07, 6.45) is 0. The Morgan fingerprint density at radius 3 is 0.750 bits per heavy atom. The molecule has 0 aliphatic heterocycles. The van der Waals surface area contributed by atoms with Crippen molar-refractivity contribution in [3.63, 3.8) is 0 Å². The van der Waals surface area contributed by atoms with Crippen LogP contribution in [0.1, 0.15) is 5.56 Å². The molecule has 0 unspecified atom stereocenters. The molecule has 246 valence electrons. The molecule has 1 aromatic rings. The zero-order valence-corrected chi connectivity index (χ0v) is 30.6. The third kappa shape index (κ3) is 348. The molecule has 1 rings (SSSR count). The first-order chi connectivity index (χ1) is 16.8. The summed E-state index contributed by atoms with van der Waals surface area (Å²) < 4.78 is 199. The van der Waals surface area contributed by atoms with Gasteiger partial charge in [0.1, 0.15) is 0 Å². The molecule has 0 aliphatic rings. The van der Waals surface area contributed by atoms with E-state index in [0.717, 1.165) is 6.54 Å². The van der Waals surface area contributed by atoms with Gasteiger partial charge in [-0.15, -0.1) is 0 Å². The molecule has 40 heavy (non-hydrogen) atoms. The Bertz CT molecular complexity index is 825. The number of rotatable bonds is 2. The van der Waals surface area contributed by atoms with Crippen molar-refractivity contribution < 1.29 is 92.4 Å². The van der Waals surface area contributed by atoms with Crippen LogP contribution in [-0.4, -0.2) is 156 Å². The van der Waals surface area contributed by atoms with E-state index >= 15 is 0 Å². The van der Waals surface area contributed by atoms with E-state index in [1.807, 2.05) is 6.07 Å². The molecule has 0 spiro atoms. The number of hydrogen-bond acceptors (Lipinski definition) is 7. The summed E-state index contributed by atoms with van der Waals surface area (Å²) in [5, 5.41) is 0. The third-order valence-corrected chi connectivity index (χ3v) is 1.34. The zero-order valence-electron chi connectivity index (χ0n) is 19.3. The van der Waals surface area contributed by atoms with Crippen LogP contribution in [0.2, 0.25) is 0 Å². The van der Waals surface area contributed by atoms with E-state index in [0.29, 0.717) is 0 Å². The predicted octanol–water partition coefficient (Wildman–Crippen LogP) is -5.41. The van der Waals surface area contributed by atoms with Gasteiger partial charge in [-0.3, -0.25) is 0 Å². The van der Waals surface area contributed by atoms with Crippen LogP contribution in [0.5, 0.6) is 0 Å². The van der Waals surface area contributed by atoms with Gasteiger partial charge in [-0.2, -0.15) is 0 Å². The Morgan fingerprint density at radius 1 is 0.475 bits per heavy atom. The van der Waals surface area contributed by atoms with Gasteiger partial charge in [0.2, 0.25) is 0 Å². The summed E-state index contributed by atoms with van der Waals surface area (Å²) in [6.45, 7) is 1.03. The molecular formula is C9H25As6F6NO18. The monoisotopic (exact) mass is 999 g/mol. The van der Waals surface area contributed by atoms with Gasteiger partial charge in [0.05, 0.1) is 0 Å². The average molecular weight is 999 g/mol. The maximum absolute atomic E-state index is 10.4. The molecule has 31 heteroatoms. The molecule has 1 aromatic carbocycles. The van der Waals surface area contributed by atoms with E-state index in [4.69, 9.17) is 71.6 Å². The summed E-state index contributed by atoms with van der Waals surface area (Å²) in [7, 11) is 4.15. The summed E-state index contributed by atoms with van der Waals surface area (Å²) >= 11 is -33.8. The minimum atomic E-state index is -5.62. The van der Waals surface area contributed by atoms with E-state index in [9.17, 15) is 20.8 Å². The first kappa shape index (κ1) is 53.0. The third-order valence-electron chi connectivity index (χ3n) is 1.34. The predicted molar refractivity (Wildman–Crippen MR) is 116 cm³/mol. The number of halogens is 6. The van der Waals surface area contributed by atoms with E-state index in [2.05, 4.69) is 43.3 Å². The molecule has 0 aliphatic carbocycles. The standard InChI is InChI=1S/C9H13N.6AsFH2O3/c1-10(2)8-9-6-4-3-5-7-9;6*2-1(3,4)5/h3-7H,8H2,1-2H3;6*(H2,3,4,5). The van der Waals surface area contributed by atoms with Crippen LogP contribution >= 0.6 is 0 Å². The van der Waals surface area contributed by atoms with Crippen molar-refractivity contribution in [3.8, 4) is 0 Å². The Morgan fingerprint density at radius 2 is 0.625 bits per heavy atom. The van der Waals surface area contributed by atoms with Gasteiger partial charge in [0.25, 0.3) is 0 Å². The summed E-state index contributed by atoms with van der Waals surface area (Å²) in [6, 6.07) is 10.5. The topological polar surface area (TPSA) is 348 Å². The van der Waals surface area contributed by atoms with Crippen molar-refractivity contribution in [1.29, 1.82) is 0 Å². The van der Waals surface area contributed by atoms with E-state index < -0.39 is 87.9 Å². The van der Waals surface area contributed by atoms with Crippen molar-refractivity contribution in [3.05, 3.63) is 35.9 Å². The van der Waals surface area contributed by atoms with Crippen molar-refractivity contribution in [2.45, 2.75) is 6.54 Å². The van der Waals surface area contributed by atoms with Crippen LogP contribution in [0, 0.1) is 0 Å². The van der Waals surface area contributed by atoms with Gasteiger partial charge >= 0.3 is 180 Å². The maximum atomic E-state index is 10.4. The molecule has 19 nitrogen and oxygen atoms in total. The zero-order chi connectivity index (χ0) is 34.4. The molecule has 0 bridgehead atoms.